The van der Waals surface area contributed by atoms with Crippen LogP contribution < -0.4 is 16.6 Å². The molecule has 106 valence electrons. The molecule has 0 saturated carbocycles. The Morgan fingerprint density at radius 2 is 2.19 bits per heavy atom. The van der Waals surface area contributed by atoms with Gasteiger partial charge in [0.2, 0.25) is 0 Å². The fourth-order valence-corrected chi connectivity index (χ4v) is 2.53. The highest BCUT2D eigenvalue weighted by Gasteiger charge is 2.11. The van der Waals surface area contributed by atoms with E-state index in [1.54, 1.807) is 17.8 Å². The number of carbonyl (C=O) groups excluding carboxylic acids is 1. The summed E-state index contributed by atoms with van der Waals surface area (Å²) in [7, 11) is 0. The summed E-state index contributed by atoms with van der Waals surface area (Å²) in [6.45, 7) is 0.434. The topological polar surface area (TPSA) is 92.9 Å². The van der Waals surface area contributed by atoms with Gasteiger partial charge in [0.15, 0.2) is 0 Å². The van der Waals surface area contributed by atoms with Crippen molar-refractivity contribution in [1.82, 2.24) is 15.3 Å². The van der Waals surface area contributed by atoms with E-state index in [0.717, 1.165) is 15.8 Å². The molecule has 0 aliphatic carbocycles. The van der Waals surface area contributed by atoms with Crippen LogP contribution in [0.15, 0.2) is 42.0 Å². The minimum Gasteiger partial charge on any atom is -0.346 e. The minimum absolute atomic E-state index is 0.245. The minimum atomic E-state index is -0.245. The summed E-state index contributed by atoms with van der Waals surface area (Å²) >= 11 is 1.49. The van der Waals surface area contributed by atoms with Crippen molar-refractivity contribution in [3.05, 3.63) is 52.6 Å². The molecule has 0 unspecified atom stereocenters. The molecule has 1 aromatic carbocycles. The molecule has 0 aliphatic rings. The quantitative estimate of drug-likeness (QED) is 0.505. The molecule has 2 heterocycles. The SMILES string of the molecule is NNc1cc(C(=O)NCc2cncs2)nc2ccccc12. The van der Waals surface area contributed by atoms with Gasteiger partial charge in [-0.2, -0.15) is 0 Å². The molecule has 1 amide bonds. The van der Waals surface area contributed by atoms with Crippen molar-refractivity contribution in [1.29, 1.82) is 0 Å². The Bertz CT molecular complexity index is 772. The summed E-state index contributed by atoms with van der Waals surface area (Å²) in [4.78, 5) is 21.5. The average Bonchev–Trinajstić information content (AvgIpc) is 3.04. The average molecular weight is 299 g/mol. The number of rotatable bonds is 4. The number of nitrogens with one attached hydrogen (secondary N) is 2. The number of nitrogens with zero attached hydrogens (tertiary/aromatic N) is 2. The van der Waals surface area contributed by atoms with Crippen LogP contribution in [0.3, 0.4) is 0 Å². The molecule has 21 heavy (non-hydrogen) atoms. The van der Waals surface area contributed by atoms with E-state index in [4.69, 9.17) is 5.84 Å². The lowest BCUT2D eigenvalue weighted by Gasteiger charge is -2.09. The number of hydrogen-bond acceptors (Lipinski definition) is 6. The van der Waals surface area contributed by atoms with Crippen molar-refractivity contribution in [3.63, 3.8) is 0 Å². The maximum Gasteiger partial charge on any atom is 0.270 e. The molecule has 6 nitrogen and oxygen atoms in total. The lowest BCUT2D eigenvalue weighted by Crippen LogP contribution is -2.24. The largest absolute Gasteiger partial charge is 0.346 e. The van der Waals surface area contributed by atoms with E-state index in [2.05, 4.69) is 20.7 Å². The summed E-state index contributed by atoms with van der Waals surface area (Å²) in [5.41, 5.74) is 6.05. The molecule has 0 radical (unpaired) electrons. The Morgan fingerprint density at radius 3 is 2.95 bits per heavy atom. The number of thiazole rings is 1. The van der Waals surface area contributed by atoms with Crippen molar-refractivity contribution in [2.75, 3.05) is 5.43 Å². The lowest BCUT2D eigenvalue weighted by atomic mass is 10.1. The Morgan fingerprint density at radius 1 is 1.33 bits per heavy atom. The smallest absolute Gasteiger partial charge is 0.270 e. The first-order valence-corrected chi connectivity index (χ1v) is 7.18. The van der Waals surface area contributed by atoms with Crippen LogP contribution >= 0.6 is 11.3 Å². The second-order valence-electron chi connectivity index (χ2n) is 4.37. The Labute approximate surface area is 125 Å². The molecule has 0 saturated heterocycles. The monoisotopic (exact) mass is 299 g/mol. The molecular weight excluding hydrogens is 286 g/mol. The second kappa shape index (κ2) is 5.86. The van der Waals surface area contributed by atoms with Crippen LogP contribution in [0.4, 0.5) is 5.69 Å². The number of nitrogen functional groups attached to an aromatic ring is 1. The van der Waals surface area contributed by atoms with Gasteiger partial charge >= 0.3 is 0 Å². The summed E-state index contributed by atoms with van der Waals surface area (Å²) in [5, 5.41) is 3.69. The number of aromatic nitrogens is 2. The van der Waals surface area contributed by atoms with Crippen molar-refractivity contribution in [3.8, 4) is 0 Å². The molecule has 0 atom stereocenters. The third-order valence-electron chi connectivity index (χ3n) is 3.01. The van der Waals surface area contributed by atoms with E-state index in [-0.39, 0.29) is 5.91 Å². The van der Waals surface area contributed by atoms with Gasteiger partial charge in [0.25, 0.3) is 5.91 Å². The van der Waals surface area contributed by atoms with Gasteiger partial charge < -0.3 is 10.7 Å². The number of benzene rings is 1. The van der Waals surface area contributed by atoms with Gasteiger partial charge in [-0.1, -0.05) is 18.2 Å². The van der Waals surface area contributed by atoms with E-state index in [9.17, 15) is 4.79 Å². The highest BCUT2D eigenvalue weighted by molar-refractivity contribution is 7.09. The zero-order valence-corrected chi connectivity index (χ0v) is 11.9. The molecule has 7 heteroatoms. The fraction of sp³-hybridized carbons (Fsp3) is 0.0714. The van der Waals surface area contributed by atoms with Gasteiger partial charge in [0.1, 0.15) is 5.69 Å². The normalized spacial score (nSPS) is 10.5. The number of carbonyl (C=O) groups is 1. The summed E-state index contributed by atoms with van der Waals surface area (Å²) in [6, 6.07) is 9.15. The molecule has 3 aromatic rings. The van der Waals surface area contributed by atoms with Gasteiger partial charge in [-0.3, -0.25) is 15.6 Å². The maximum atomic E-state index is 12.2. The Balaban J connectivity index is 1.87. The maximum absolute atomic E-state index is 12.2. The molecule has 4 N–H and O–H groups in total. The first-order chi connectivity index (χ1) is 10.3. The predicted octanol–water partition coefficient (Wildman–Crippen LogP) is 1.91. The van der Waals surface area contributed by atoms with E-state index in [0.29, 0.717) is 17.9 Å². The summed E-state index contributed by atoms with van der Waals surface area (Å²) < 4.78 is 0. The lowest BCUT2D eigenvalue weighted by molar-refractivity contribution is 0.0946. The summed E-state index contributed by atoms with van der Waals surface area (Å²) in [6.07, 6.45) is 1.73. The number of fused-ring (bicyclic) bond motifs is 1. The van der Waals surface area contributed by atoms with Crippen molar-refractivity contribution in [2.24, 2.45) is 5.84 Å². The first kappa shape index (κ1) is 13.5. The number of hydrazine groups is 1. The van der Waals surface area contributed by atoms with E-state index >= 15 is 0 Å². The zero-order valence-electron chi connectivity index (χ0n) is 11.0. The van der Waals surface area contributed by atoms with Crippen molar-refractivity contribution >= 4 is 33.8 Å². The van der Waals surface area contributed by atoms with E-state index in [1.165, 1.54) is 11.3 Å². The first-order valence-electron chi connectivity index (χ1n) is 6.30. The van der Waals surface area contributed by atoms with Gasteiger partial charge in [0, 0.05) is 16.5 Å². The third-order valence-corrected chi connectivity index (χ3v) is 3.79. The molecule has 3 rings (SSSR count). The van der Waals surface area contributed by atoms with Gasteiger partial charge in [0.05, 0.1) is 23.3 Å². The molecule has 0 bridgehead atoms. The molecular formula is C14H13N5OS. The highest BCUT2D eigenvalue weighted by Crippen LogP contribution is 2.22. The number of hydrogen-bond donors (Lipinski definition) is 3. The zero-order chi connectivity index (χ0) is 14.7. The Kier molecular flexibility index (Phi) is 3.76. The van der Waals surface area contributed by atoms with Gasteiger partial charge in [-0.15, -0.1) is 11.3 Å². The number of nitrogens with two attached hydrogens (primary N) is 1. The van der Waals surface area contributed by atoms with Crippen LogP contribution in [0.1, 0.15) is 15.4 Å². The van der Waals surface area contributed by atoms with Crippen molar-refractivity contribution in [2.45, 2.75) is 6.54 Å². The number of anilines is 1. The van der Waals surface area contributed by atoms with Crippen LogP contribution in [-0.2, 0) is 6.54 Å². The Hall–Kier alpha value is -2.51. The van der Waals surface area contributed by atoms with Gasteiger partial charge in [-0.25, -0.2) is 4.98 Å². The van der Waals surface area contributed by atoms with Crippen LogP contribution in [-0.4, -0.2) is 15.9 Å². The van der Waals surface area contributed by atoms with Gasteiger partial charge in [-0.05, 0) is 12.1 Å². The highest BCUT2D eigenvalue weighted by atomic mass is 32.1. The standard InChI is InChI=1S/C14H13N5OS/c15-19-12-5-13(18-11-4-2-1-3-10(11)12)14(20)17-7-9-6-16-8-21-9/h1-6,8H,7,15H2,(H,17,20)(H,18,19). The molecule has 0 fully saturated rings. The van der Waals surface area contributed by atoms with Crippen LogP contribution in [0.5, 0.6) is 0 Å². The predicted molar refractivity (Wildman–Crippen MR) is 82.8 cm³/mol. The van der Waals surface area contributed by atoms with Crippen LogP contribution in [0, 0.1) is 0 Å². The van der Waals surface area contributed by atoms with E-state index < -0.39 is 0 Å². The van der Waals surface area contributed by atoms with E-state index in [1.807, 2.05) is 24.3 Å². The van der Waals surface area contributed by atoms with Crippen LogP contribution in [0.25, 0.3) is 10.9 Å². The summed E-state index contributed by atoms with van der Waals surface area (Å²) in [5.74, 6) is 5.28. The molecule has 0 aliphatic heterocycles. The fourth-order valence-electron chi connectivity index (χ4n) is 2.00. The second-order valence-corrected chi connectivity index (χ2v) is 5.34. The molecule has 0 spiro atoms. The number of pyridine rings is 1. The number of para-hydroxylation sites is 1. The third kappa shape index (κ3) is 2.83. The van der Waals surface area contributed by atoms with Crippen LogP contribution in [0.2, 0.25) is 0 Å². The number of amides is 1. The molecule has 2 aromatic heterocycles. The van der Waals surface area contributed by atoms with Crippen molar-refractivity contribution < 1.29 is 4.79 Å².